The van der Waals surface area contributed by atoms with Gasteiger partial charge in [0.15, 0.2) is 12.2 Å². The number of pyridine rings is 1. The molecule has 0 bridgehead atoms. The first-order valence-electron chi connectivity index (χ1n) is 11.4. The number of phenols is 1. The van der Waals surface area contributed by atoms with Gasteiger partial charge in [0, 0.05) is 11.6 Å². The minimum absolute atomic E-state index is 0.0369. The van der Waals surface area contributed by atoms with Crippen molar-refractivity contribution in [1.29, 1.82) is 10.5 Å². The third-order valence-electron chi connectivity index (χ3n) is 5.94. The highest BCUT2D eigenvalue weighted by molar-refractivity contribution is 7.07. The number of allylic oxidation sites excluding steroid dienone is 1. The Kier molecular flexibility index (Phi) is 6.38. The molecule has 8 nitrogen and oxygen atoms in total. The average Bonchev–Trinajstić information content (AvgIpc) is 3.25. The van der Waals surface area contributed by atoms with Gasteiger partial charge in [0.1, 0.15) is 15.9 Å². The Morgan fingerprint density at radius 3 is 2.65 bits per heavy atom. The Bertz CT molecular complexity index is 1850. The van der Waals surface area contributed by atoms with E-state index in [0.29, 0.717) is 32.3 Å². The van der Waals surface area contributed by atoms with E-state index in [2.05, 4.69) is 22.1 Å². The van der Waals surface area contributed by atoms with E-state index in [9.17, 15) is 20.4 Å². The van der Waals surface area contributed by atoms with Crippen LogP contribution in [-0.2, 0) is 4.74 Å². The molecule has 37 heavy (non-hydrogen) atoms. The third kappa shape index (κ3) is 4.08. The van der Waals surface area contributed by atoms with Crippen LogP contribution in [-0.4, -0.2) is 27.7 Å². The van der Waals surface area contributed by atoms with Crippen LogP contribution >= 0.6 is 11.3 Å². The number of aromatic hydroxyl groups is 1. The van der Waals surface area contributed by atoms with Crippen molar-refractivity contribution in [3.63, 3.8) is 0 Å². The zero-order chi connectivity index (χ0) is 25.9. The van der Waals surface area contributed by atoms with Gasteiger partial charge in [-0.25, -0.2) is 9.56 Å². The van der Waals surface area contributed by atoms with Crippen molar-refractivity contribution in [2.24, 2.45) is 4.99 Å². The number of rotatable bonds is 5. The Labute approximate surface area is 215 Å². The van der Waals surface area contributed by atoms with Gasteiger partial charge in [0.05, 0.1) is 40.3 Å². The van der Waals surface area contributed by atoms with Gasteiger partial charge < -0.3 is 9.84 Å². The largest absolute Gasteiger partial charge is 0.506 e. The van der Waals surface area contributed by atoms with Gasteiger partial charge in [-0.2, -0.15) is 10.5 Å². The normalized spacial score (nSPS) is 15.6. The molecule has 2 aromatic heterocycles. The van der Waals surface area contributed by atoms with E-state index in [1.807, 2.05) is 36.4 Å². The predicted molar refractivity (Wildman–Crippen MR) is 142 cm³/mol. The third-order valence-corrected chi connectivity index (χ3v) is 7.05. The molecule has 4 aromatic rings. The van der Waals surface area contributed by atoms with Crippen molar-refractivity contribution in [2.75, 3.05) is 6.61 Å². The van der Waals surface area contributed by atoms with Crippen molar-refractivity contribution >= 4 is 46.1 Å². The maximum atomic E-state index is 13.7. The molecule has 0 spiro atoms. The summed E-state index contributed by atoms with van der Waals surface area (Å²) in [6.45, 7) is 2.16. The van der Waals surface area contributed by atoms with Crippen LogP contribution in [0.4, 0.5) is 0 Å². The fourth-order valence-corrected chi connectivity index (χ4v) is 5.42. The summed E-state index contributed by atoms with van der Waals surface area (Å²) in [5, 5.41) is 31.3. The van der Waals surface area contributed by atoms with Crippen LogP contribution in [0, 0.1) is 22.7 Å². The summed E-state index contributed by atoms with van der Waals surface area (Å²) in [6, 6.07) is 20.4. The fourth-order valence-electron chi connectivity index (χ4n) is 4.31. The molecule has 2 aromatic carbocycles. The molecule has 0 aliphatic carbocycles. The highest BCUT2D eigenvalue weighted by Crippen LogP contribution is 2.37. The van der Waals surface area contributed by atoms with E-state index in [4.69, 9.17) is 4.74 Å². The molecule has 0 radical (unpaired) electrons. The molecule has 3 heterocycles. The van der Waals surface area contributed by atoms with E-state index in [1.165, 1.54) is 17.0 Å². The quantitative estimate of drug-likeness (QED) is 0.328. The van der Waals surface area contributed by atoms with E-state index in [0.717, 1.165) is 16.9 Å². The zero-order valence-corrected chi connectivity index (χ0v) is 20.4. The molecular formula is C28H19N5O3S. The van der Waals surface area contributed by atoms with Gasteiger partial charge >= 0.3 is 0 Å². The highest BCUT2D eigenvalue weighted by atomic mass is 32.1. The Balaban J connectivity index is 1.86. The molecule has 0 saturated carbocycles. The zero-order valence-electron chi connectivity index (χ0n) is 19.6. The Morgan fingerprint density at radius 2 is 1.92 bits per heavy atom. The lowest BCUT2D eigenvalue weighted by molar-refractivity contribution is 0.344. The molecule has 1 N–H and O–H groups in total. The minimum atomic E-state index is -0.686. The molecular weight excluding hydrogens is 486 g/mol. The van der Waals surface area contributed by atoms with E-state index in [1.54, 1.807) is 31.3 Å². The summed E-state index contributed by atoms with van der Waals surface area (Å²) < 4.78 is 7.33. The molecule has 1 unspecified atom stereocenters. The summed E-state index contributed by atoms with van der Waals surface area (Å²) in [5.74, 6) is -0.526. The fraction of sp³-hybridized carbons (Fsp3) is 0.107. The van der Waals surface area contributed by atoms with Crippen molar-refractivity contribution in [2.45, 2.75) is 12.8 Å². The lowest BCUT2D eigenvalue weighted by Crippen LogP contribution is -2.35. The lowest BCUT2D eigenvalue weighted by Gasteiger charge is -2.22. The highest BCUT2D eigenvalue weighted by Gasteiger charge is 2.33. The molecule has 1 aliphatic rings. The smallest absolute Gasteiger partial charge is 0.274 e. The number of benzene rings is 2. The molecule has 180 valence electrons. The molecule has 0 fully saturated rings. The maximum Gasteiger partial charge on any atom is 0.274 e. The molecule has 1 atom stereocenters. The van der Waals surface area contributed by atoms with Crippen molar-refractivity contribution in [1.82, 2.24) is 9.55 Å². The second-order valence-corrected chi connectivity index (χ2v) is 9.07. The van der Waals surface area contributed by atoms with Crippen LogP contribution in [0.1, 0.15) is 24.0 Å². The maximum absolute atomic E-state index is 13.7. The topological polar surface area (TPSA) is 124 Å². The van der Waals surface area contributed by atoms with E-state index < -0.39 is 11.5 Å². The van der Waals surface area contributed by atoms with Crippen molar-refractivity contribution in [3.05, 3.63) is 97.0 Å². The summed E-state index contributed by atoms with van der Waals surface area (Å²) >= 11 is 1.15. The summed E-state index contributed by atoms with van der Waals surface area (Å²) in [6.07, 6.45) is 4.49. The number of ether oxygens (including phenoxy) is 1. The molecule has 9 heteroatoms. The van der Waals surface area contributed by atoms with Crippen LogP contribution in [0.25, 0.3) is 28.4 Å². The van der Waals surface area contributed by atoms with Gasteiger partial charge in [-0.1, -0.05) is 42.5 Å². The van der Waals surface area contributed by atoms with E-state index in [-0.39, 0.29) is 22.7 Å². The monoisotopic (exact) mass is 505 g/mol. The number of phenolic OH excluding ortho intramolecular Hbond substituents is 1. The molecule has 1 aliphatic heterocycles. The number of aliphatic imine (C=N–C) groups is 1. The van der Waals surface area contributed by atoms with Crippen LogP contribution in [0.2, 0.25) is 0 Å². The van der Waals surface area contributed by atoms with Gasteiger partial charge in [-0.15, -0.1) is 11.3 Å². The first-order valence-corrected chi connectivity index (χ1v) is 12.2. The van der Waals surface area contributed by atoms with Crippen LogP contribution < -0.4 is 14.8 Å². The number of hydrogen-bond donors (Lipinski definition) is 1. The number of nitrogens with zero attached hydrogens (tertiary/aromatic N) is 5. The van der Waals surface area contributed by atoms with Crippen LogP contribution in [0.5, 0.6) is 5.75 Å². The van der Waals surface area contributed by atoms with E-state index >= 15 is 0 Å². The molecule has 5 rings (SSSR count). The summed E-state index contributed by atoms with van der Waals surface area (Å²) in [7, 11) is 0. The number of hydrogen-bond acceptors (Lipinski definition) is 8. The minimum Gasteiger partial charge on any atom is -0.506 e. The number of aromatic nitrogens is 2. The predicted octanol–water partition coefficient (Wildman–Crippen LogP) is 3.22. The molecule has 0 amide bonds. The first-order chi connectivity index (χ1) is 18.1. The van der Waals surface area contributed by atoms with Crippen LogP contribution in [0.15, 0.2) is 76.2 Å². The van der Waals surface area contributed by atoms with Gasteiger partial charge in [-0.3, -0.25) is 9.78 Å². The number of thiazole rings is 1. The van der Waals surface area contributed by atoms with Gasteiger partial charge in [0.25, 0.3) is 5.56 Å². The Hall–Kier alpha value is -4.99. The molecule has 0 saturated heterocycles. The number of fused-ring (bicyclic) bond motifs is 2. The van der Waals surface area contributed by atoms with Crippen LogP contribution in [0.3, 0.4) is 0 Å². The summed E-state index contributed by atoms with van der Waals surface area (Å²) in [5.41, 5.74) is 1.89. The SMILES string of the molecule is CCO/C=N/C1=C(C#N)C(c2ccccc2)C(C#N)=c2s/c(=C/c3ccc(O)c4ncccc34)c(=O)n21. The van der Waals surface area contributed by atoms with Crippen molar-refractivity contribution < 1.29 is 9.84 Å². The van der Waals surface area contributed by atoms with Gasteiger partial charge in [-0.05, 0) is 36.3 Å². The standard InChI is InChI=1S/C28H19N5O3S/c1-2-36-16-32-26-20(14-29)24(17-7-4-3-5-8-17)21(15-30)28-33(26)27(35)23(37-28)13-18-10-11-22(34)25-19(18)9-6-12-31-25/h3-13,16,24,34H,2H2,1H3/b23-13+,32-16+. The van der Waals surface area contributed by atoms with Gasteiger partial charge in [0.2, 0.25) is 0 Å². The average molecular weight is 506 g/mol. The first kappa shape index (κ1) is 23.7. The number of nitriles is 2. The van der Waals surface area contributed by atoms with Crippen molar-refractivity contribution in [3.8, 4) is 17.9 Å². The second-order valence-electron chi connectivity index (χ2n) is 8.04. The lowest BCUT2D eigenvalue weighted by atomic mass is 9.84. The Morgan fingerprint density at radius 1 is 1.14 bits per heavy atom. The second kappa shape index (κ2) is 9.94. The summed E-state index contributed by atoms with van der Waals surface area (Å²) in [4.78, 5) is 22.3.